The lowest BCUT2D eigenvalue weighted by Crippen LogP contribution is -2.32. The SMILES string of the molecule is COCc1cc(C(=O)ON2C(=O)c3ccccc3C2=O)no1. The van der Waals surface area contributed by atoms with E-state index in [2.05, 4.69) is 5.16 Å². The summed E-state index contributed by atoms with van der Waals surface area (Å²) in [5.74, 6) is -2.05. The Morgan fingerprint density at radius 2 is 1.86 bits per heavy atom. The van der Waals surface area contributed by atoms with Crippen LogP contribution in [0, 0.1) is 0 Å². The first-order valence-corrected chi connectivity index (χ1v) is 6.26. The maximum Gasteiger partial charge on any atom is 0.385 e. The molecule has 1 aromatic carbocycles. The van der Waals surface area contributed by atoms with Crippen molar-refractivity contribution in [1.82, 2.24) is 10.2 Å². The lowest BCUT2D eigenvalue weighted by molar-refractivity contribution is -0.0590. The van der Waals surface area contributed by atoms with Crippen LogP contribution in [0.2, 0.25) is 0 Å². The third-order valence-electron chi connectivity index (χ3n) is 2.99. The summed E-state index contributed by atoms with van der Waals surface area (Å²) in [4.78, 5) is 40.8. The topological polar surface area (TPSA) is 98.9 Å². The number of aromatic nitrogens is 1. The van der Waals surface area contributed by atoms with E-state index in [0.717, 1.165) is 0 Å². The molecule has 0 fully saturated rings. The maximum absolute atomic E-state index is 12.0. The van der Waals surface area contributed by atoms with Crippen molar-refractivity contribution < 1.29 is 28.5 Å². The Bertz CT molecular complexity index is 731. The van der Waals surface area contributed by atoms with E-state index in [4.69, 9.17) is 14.1 Å². The van der Waals surface area contributed by atoms with Crippen LogP contribution in [0.25, 0.3) is 0 Å². The Kier molecular flexibility index (Phi) is 3.43. The number of hydrogen-bond donors (Lipinski definition) is 0. The van der Waals surface area contributed by atoms with Crippen molar-refractivity contribution in [3.63, 3.8) is 0 Å². The first kappa shape index (κ1) is 14.0. The normalized spacial score (nSPS) is 13.4. The number of amides is 2. The van der Waals surface area contributed by atoms with E-state index in [1.54, 1.807) is 12.1 Å². The van der Waals surface area contributed by atoms with Crippen molar-refractivity contribution in [3.8, 4) is 0 Å². The first-order valence-electron chi connectivity index (χ1n) is 6.26. The fourth-order valence-electron chi connectivity index (χ4n) is 2.00. The fraction of sp³-hybridized carbons (Fsp3) is 0.143. The second kappa shape index (κ2) is 5.41. The molecule has 2 amide bonds. The van der Waals surface area contributed by atoms with Crippen molar-refractivity contribution in [2.45, 2.75) is 6.61 Å². The van der Waals surface area contributed by atoms with Gasteiger partial charge in [0.15, 0.2) is 11.5 Å². The van der Waals surface area contributed by atoms with E-state index in [0.29, 0.717) is 10.8 Å². The zero-order valence-electron chi connectivity index (χ0n) is 11.4. The molecule has 3 rings (SSSR count). The number of carbonyl (C=O) groups is 3. The molecule has 1 aliphatic heterocycles. The molecule has 22 heavy (non-hydrogen) atoms. The standard InChI is InChI=1S/C14H10N2O6/c1-20-7-8-6-11(15-21-8)14(19)22-16-12(17)9-4-2-3-5-10(9)13(16)18/h2-6H,7H2,1H3. The molecule has 0 saturated carbocycles. The number of ether oxygens (including phenoxy) is 1. The van der Waals surface area contributed by atoms with Crippen LogP contribution >= 0.6 is 0 Å². The minimum absolute atomic E-state index is 0.132. The van der Waals surface area contributed by atoms with Gasteiger partial charge in [0, 0.05) is 13.2 Å². The predicted molar refractivity (Wildman–Crippen MR) is 69.6 cm³/mol. The molecule has 0 atom stereocenters. The van der Waals surface area contributed by atoms with Crippen molar-refractivity contribution in [2.75, 3.05) is 7.11 Å². The third kappa shape index (κ3) is 2.25. The molecule has 0 unspecified atom stereocenters. The van der Waals surface area contributed by atoms with E-state index in [-0.39, 0.29) is 23.4 Å². The molecule has 8 heteroatoms. The van der Waals surface area contributed by atoms with Crippen molar-refractivity contribution >= 4 is 17.8 Å². The van der Waals surface area contributed by atoms with Crippen LogP contribution in [0.3, 0.4) is 0 Å². The van der Waals surface area contributed by atoms with Crippen LogP contribution in [0.1, 0.15) is 37.0 Å². The van der Waals surface area contributed by atoms with Gasteiger partial charge in [0.25, 0.3) is 11.8 Å². The lowest BCUT2D eigenvalue weighted by atomic mass is 10.1. The van der Waals surface area contributed by atoms with Crippen LogP contribution in [-0.2, 0) is 16.2 Å². The van der Waals surface area contributed by atoms with Gasteiger partial charge in [0.05, 0.1) is 11.1 Å². The summed E-state index contributed by atoms with van der Waals surface area (Å²) in [6.07, 6.45) is 0. The Morgan fingerprint density at radius 3 is 2.45 bits per heavy atom. The minimum Gasteiger partial charge on any atom is -0.377 e. The highest BCUT2D eigenvalue weighted by Gasteiger charge is 2.39. The quantitative estimate of drug-likeness (QED) is 0.782. The Morgan fingerprint density at radius 1 is 1.23 bits per heavy atom. The number of hydrogen-bond acceptors (Lipinski definition) is 7. The number of nitrogens with zero attached hydrogens (tertiary/aromatic N) is 2. The zero-order chi connectivity index (χ0) is 15.7. The second-order valence-corrected chi connectivity index (χ2v) is 4.44. The van der Waals surface area contributed by atoms with Gasteiger partial charge in [-0.25, -0.2) is 4.79 Å². The van der Waals surface area contributed by atoms with E-state index < -0.39 is 17.8 Å². The predicted octanol–water partition coefficient (Wildman–Crippen LogP) is 1.19. The van der Waals surface area contributed by atoms with E-state index in [1.165, 1.54) is 25.3 Å². The summed E-state index contributed by atoms with van der Waals surface area (Å²) < 4.78 is 9.67. The second-order valence-electron chi connectivity index (χ2n) is 4.44. The van der Waals surface area contributed by atoms with Crippen molar-refractivity contribution in [1.29, 1.82) is 0 Å². The number of benzene rings is 1. The van der Waals surface area contributed by atoms with Crippen LogP contribution in [0.5, 0.6) is 0 Å². The van der Waals surface area contributed by atoms with Gasteiger partial charge in [0.1, 0.15) is 6.61 Å². The van der Waals surface area contributed by atoms with Gasteiger partial charge >= 0.3 is 5.97 Å². The van der Waals surface area contributed by atoms with Crippen LogP contribution in [0.4, 0.5) is 0 Å². The molecule has 0 N–H and O–H groups in total. The Hall–Kier alpha value is -3.00. The molecule has 0 radical (unpaired) electrons. The Labute approximate surface area is 124 Å². The molecule has 0 saturated heterocycles. The summed E-state index contributed by atoms with van der Waals surface area (Å²) in [6, 6.07) is 7.50. The van der Waals surface area contributed by atoms with Crippen molar-refractivity contribution in [2.24, 2.45) is 0 Å². The summed E-state index contributed by atoms with van der Waals surface area (Å²) >= 11 is 0. The highest BCUT2D eigenvalue weighted by molar-refractivity contribution is 6.21. The first-order chi connectivity index (χ1) is 10.6. The van der Waals surface area contributed by atoms with Crippen LogP contribution in [-0.4, -0.2) is 35.1 Å². The average Bonchev–Trinajstić information content (AvgIpc) is 3.08. The molecule has 8 nitrogen and oxygen atoms in total. The zero-order valence-corrected chi connectivity index (χ0v) is 11.4. The number of fused-ring (bicyclic) bond motifs is 1. The number of methoxy groups -OCH3 is 1. The summed E-state index contributed by atoms with van der Waals surface area (Å²) in [7, 11) is 1.46. The van der Waals surface area contributed by atoms with E-state index in [1.807, 2.05) is 0 Å². The van der Waals surface area contributed by atoms with Gasteiger partial charge in [0.2, 0.25) is 0 Å². The van der Waals surface area contributed by atoms with Gasteiger partial charge in [-0.1, -0.05) is 22.4 Å². The number of imide groups is 1. The molecule has 0 bridgehead atoms. The number of rotatable bonds is 4. The number of hydroxylamine groups is 2. The van der Waals surface area contributed by atoms with Gasteiger partial charge in [-0.15, -0.1) is 0 Å². The lowest BCUT2D eigenvalue weighted by Gasteiger charge is -2.10. The maximum atomic E-state index is 12.0. The molecule has 0 spiro atoms. The highest BCUT2D eigenvalue weighted by Crippen LogP contribution is 2.23. The summed E-state index contributed by atoms with van der Waals surface area (Å²) in [5, 5.41) is 3.91. The van der Waals surface area contributed by atoms with Crippen LogP contribution < -0.4 is 0 Å². The molecule has 2 heterocycles. The minimum atomic E-state index is -0.972. The summed E-state index contributed by atoms with van der Waals surface area (Å²) in [5.41, 5.74) is 0.199. The summed E-state index contributed by atoms with van der Waals surface area (Å²) in [6.45, 7) is 0.132. The largest absolute Gasteiger partial charge is 0.385 e. The van der Waals surface area contributed by atoms with Gasteiger partial charge in [-0.2, -0.15) is 0 Å². The molecule has 0 aliphatic carbocycles. The Balaban J connectivity index is 1.77. The molecule has 2 aromatic rings. The highest BCUT2D eigenvalue weighted by atomic mass is 16.7. The van der Waals surface area contributed by atoms with Gasteiger partial charge in [-0.05, 0) is 12.1 Å². The molecule has 1 aliphatic rings. The van der Waals surface area contributed by atoms with Crippen molar-refractivity contribution in [3.05, 3.63) is 52.9 Å². The van der Waals surface area contributed by atoms with Crippen LogP contribution in [0.15, 0.2) is 34.9 Å². The third-order valence-corrected chi connectivity index (χ3v) is 2.99. The smallest absolute Gasteiger partial charge is 0.377 e. The van der Waals surface area contributed by atoms with E-state index >= 15 is 0 Å². The van der Waals surface area contributed by atoms with Gasteiger partial charge < -0.3 is 14.1 Å². The fourth-order valence-corrected chi connectivity index (χ4v) is 2.00. The monoisotopic (exact) mass is 302 g/mol. The molecule has 112 valence electrons. The van der Waals surface area contributed by atoms with E-state index in [9.17, 15) is 14.4 Å². The van der Waals surface area contributed by atoms with Gasteiger partial charge in [-0.3, -0.25) is 9.59 Å². The molecule has 1 aromatic heterocycles. The molecular formula is C14H10N2O6. The average molecular weight is 302 g/mol. The molecular weight excluding hydrogens is 292 g/mol. The number of carbonyl (C=O) groups excluding carboxylic acids is 3.